The molecule has 4 heterocycles. The highest BCUT2D eigenvalue weighted by atomic mass is 16.5. The zero-order valence-corrected chi connectivity index (χ0v) is 26.7. The van der Waals surface area contributed by atoms with Gasteiger partial charge in [-0.05, 0) is 57.4 Å². The van der Waals surface area contributed by atoms with Gasteiger partial charge in [0.15, 0.2) is 17.1 Å². The molecule has 1 atom stereocenters. The van der Waals surface area contributed by atoms with Crippen molar-refractivity contribution in [3.05, 3.63) is 52.7 Å². The van der Waals surface area contributed by atoms with E-state index in [1.54, 1.807) is 44.0 Å². The lowest BCUT2D eigenvalue weighted by Crippen LogP contribution is -2.52. The minimum atomic E-state index is -0.831. The van der Waals surface area contributed by atoms with Crippen molar-refractivity contribution in [2.75, 3.05) is 26.8 Å². The molecule has 3 aromatic heterocycles. The van der Waals surface area contributed by atoms with Crippen molar-refractivity contribution in [2.45, 2.75) is 53.6 Å². The number of aryl methyl sites for hydroxylation is 4. The maximum Gasteiger partial charge on any atom is 0.255 e. The van der Waals surface area contributed by atoms with Gasteiger partial charge in [-0.15, -0.1) is 0 Å². The number of nitrogens with one attached hydrogen (secondary N) is 2. The molecule has 4 aromatic rings. The van der Waals surface area contributed by atoms with Crippen LogP contribution in [0.2, 0.25) is 0 Å². The number of benzene rings is 1. The number of fused-ring (bicyclic) bond motifs is 6. The Hall–Kier alpha value is -4.94. The van der Waals surface area contributed by atoms with E-state index >= 15 is 0 Å². The third-order valence-corrected chi connectivity index (χ3v) is 7.78. The maximum absolute atomic E-state index is 14.1. The normalized spacial score (nSPS) is 16.5. The van der Waals surface area contributed by atoms with Crippen LogP contribution in [0.25, 0.3) is 22.5 Å². The first kappa shape index (κ1) is 31.5. The fourth-order valence-electron chi connectivity index (χ4n) is 5.45. The van der Waals surface area contributed by atoms with Crippen molar-refractivity contribution in [3.63, 3.8) is 0 Å². The number of aromatic nitrogens is 4. The van der Waals surface area contributed by atoms with Gasteiger partial charge in [0.05, 0.1) is 43.4 Å². The molecule has 1 aromatic carbocycles. The molecular formula is C32H39N7O6. The molecule has 13 heteroatoms. The third kappa shape index (κ3) is 6.61. The number of methoxy groups -OCH3 is 1. The fraction of sp³-hybridized carbons (Fsp3) is 0.438. The van der Waals surface area contributed by atoms with Gasteiger partial charge < -0.3 is 29.4 Å². The largest absolute Gasteiger partial charge is 0.493 e. The first-order valence-corrected chi connectivity index (χ1v) is 14.9. The second-order valence-electron chi connectivity index (χ2n) is 11.5. The van der Waals surface area contributed by atoms with Gasteiger partial charge in [0.2, 0.25) is 17.7 Å². The summed E-state index contributed by atoms with van der Waals surface area (Å²) in [5.41, 5.74) is 3.55. The molecule has 238 valence electrons. The molecule has 0 fully saturated rings. The summed E-state index contributed by atoms with van der Waals surface area (Å²) in [4.78, 5) is 51.5. The van der Waals surface area contributed by atoms with E-state index in [9.17, 15) is 14.4 Å². The highest BCUT2D eigenvalue weighted by Crippen LogP contribution is 2.33. The van der Waals surface area contributed by atoms with Crippen LogP contribution in [-0.2, 0) is 23.2 Å². The number of hydrogen-bond donors (Lipinski definition) is 2. The summed E-state index contributed by atoms with van der Waals surface area (Å²) in [7, 11) is 3.33. The molecule has 4 bridgehead atoms. The monoisotopic (exact) mass is 617 g/mol. The number of amides is 3. The highest BCUT2D eigenvalue weighted by molar-refractivity contribution is 6.07. The minimum Gasteiger partial charge on any atom is -0.493 e. The number of nitrogens with zero attached hydrogens (tertiary/aromatic N) is 5. The number of carbonyl (C=O) groups is 3. The third-order valence-electron chi connectivity index (χ3n) is 7.78. The first-order valence-electron chi connectivity index (χ1n) is 14.9. The average Bonchev–Trinajstić information content (AvgIpc) is 3.51. The zero-order valence-electron chi connectivity index (χ0n) is 26.7. The Balaban J connectivity index is 1.50. The molecule has 2 N–H and O–H groups in total. The van der Waals surface area contributed by atoms with Crippen LogP contribution in [0.1, 0.15) is 53.5 Å². The van der Waals surface area contributed by atoms with Crippen LogP contribution in [-0.4, -0.2) is 75.2 Å². The summed E-state index contributed by atoms with van der Waals surface area (Å²) in [6, 6.07) is 6.26. The van der Waals surface area contributed by atoms with Gasteiger partial charge in [-0.2, -0.15) is 5.10 Å². The molecular weight excluding hydrogens is 578 g/mol. The van der Waals surface area contributed by atoms with Crippen molar-refractivity contribution in [3.8, 4) is 23.0 Å². The number of pyridine rings is 1. The lowest BCUT2D eigenvalue weighted by atomic mass is 10.0. The van der Waals surface area contributed by atoms with E-state index in [-0.39, 0.29) is 44.0 Å². The van der Waals surface area contributed by atoms with Crippen molar-refractivity contribution in [1.82, 2.24) is 35.3 Å². The van der Waals surface area contributed by atoms with Crippen LogP contribution < -0.4 is 20.1 Å². The number of hydrogen-bond acceptors (Lipinski definition) is 9. The van der Waals surface area contributed by atoms with Gasteiger partial charge in [0.1, 0.15) is 17.5 Å². The van der Waals surface area contributed by atoms with Crippen LogP contribution in [0.15, 0.2) is 28.7 Å². The first-order chi connectivity index (χ1) is 21.5. The van der Waals surface area contributed by atoms with Crippen LogP contribution in [0.3, 0.4) is 0 Å². The maximum atomic E-state index is 14.1. The van der Waals surface area contributed by atoms with Crippen LogP contribution in [0, 0.1) is 26.7 Å². The summed E-state index contributed by atoms with van der Waals surface area (Å²) in [5, 5.41) is 10.8. The van der Waals surface area contributed by atoms with E-state index in [4.69, 9.17) is 13.9 Å². The Bertz CT molecular complexity index is 1760. The molecule has 0 radical (unpaired) electrons. The number of carbonyl (C=O) groups excluding carboxylic acids is 3. The zero-order chi connectivity index (χ0) is 32.4. The van der Waals surface area contributed by atoms with Crippen molar-refractivity contribution in [1.29, 1.82) is 0 Å². The Labute approximate surface area is 261 Å². The standard InChI is InChI=1S/C32H39N7O6/c1-17(2)28-30(41)33-15-23-20(5)45-31(35-23)21-9-10-24(43-7)25(14-21)44-12-8-11-39(16-26(40)36-28)32(42)22-13-18(3)34-29-27(22)19(4)37-38(29)6/h9-10,13-14,17,28H,8,11-12,15-16H2,1-7H3,(H,33,41)(H,36,40)/t28-/m0/s1. The summed E-state index contributed by atoms with van der Waals surface area (Å²) in [6.45, 7) is 9.39. The molecule has 0 spiro atoms. The van der Waals surface area contributed by atoms with E-state index < -0.39 is 11.9 Å². The predicted molar refractivity (Wildman–Crippen MR) is 166 cm³/mol. The summed E-state index contributed by atoms with van der Waals surface area (Å²) in [5.74, 6) is 0.560. The SMILES string of the molecule is COc1ccc2cc1OCCCN(C(=O)c1cc(C)nc3c1c(C)nn3C)CC(=O)N[C@@H](C(C)C)C(=O)NCc1nc-2oc1C. The van der Waals surface area contributed by atoms with Gasteiger partial charge in [-0.3, -0.25) is 19.1 Å². The molecule has 1 aliphatic heterocycles. The molecule has 0 saturated heterocycles. The van der Waals surface area contributed by atoms with Crippen molar-refractivity contribution in [2.24, 2.45) is 13.0 Å². The molecule has 1 aliphatic rings. The molecule has 5 rings (SSSR count). The smallest absolute Gasteiger partial charge is 0.255 e. The fourth-order valence-corrected chi connectivity index (χ4v) is 5.45. The second kappa shape index (κ2) is 13.0. The summed E-state index contributed by atoms with van der Waals surface area (Å²) >= 11 is 0. The molecule has 0 unspecified atom stereocenters. The molecule has 13 nitrogen and oxygen atoms in total. The highest BCUT2D eigenvalue weighted by Gasteiger charge is 2.28. The Morgan fingerprint density at radius 1 is 1.13 bits per heavy atom. The second-order valence-corrected chi connectivity index (χ2v) is 11.5. The topological polar surface area (TPSA) is 154 Å². The van der Waals surface area contributed by atoms with Crippen LogP contribution in [0.5, 0.6) is 11.5 Å². The Morgan fingerprint density at radius 3 is 2.64 bits per heavy atom. The number of ether oxygens (including phenoxy) is 2. The number of oxazole rings is 1. The van der Waals surface area contributed by atoms with E-state index in [2.05, 4.69) is 25.7 Å². The van der Waals surface area contributed by atoms with E-state index in [1.807, 2.05) is 33.8 Å². The summed E-state index contributed by atoms with van der Waals surface area (Å²) < 4.78 is 19.2. The lowest BCUT2D eigenvalue weighted by Gasteiger charge is -2.26. The van der Waals surface area contributed by atoms with Crippen LogP contribution in [0.4, 0.5) is 0 Å². The minimum absolute atomic E-state index is 0.110. The predicted octanol–water partition coefficient (Wildman–Crippen LogP) is 3.24. The van der Waals surface area contributed by atoms with Crippen molar-refractivity contribution < 1.29 is 28.3 Å². The van der Waals surface area contributed by atoms with E-state index in [0.29, 0.717) is 68.8 Å². The quantitative estimate of drug-likeness (QED) is 0.353. The molecule has 3 amide bonds. The molecule has 45 heavy (non-hydrogen) atoms. The Morgan fingerprint density at radius 2 is 1.91 bits per heavy atom. The number of rotatable bonds is 3. The Kier molecular flexibility index (Phi) is 9.07. The van der Waals surface area contributed by atoms with Gasteiger partial charge in [-0.25, -0.2) is 9.97 Å². The molecule has 0 aliphatic carbocycles. The van der Waals surface area contributed by atoms with Gasteiger partial charge in [0, 0.05) is 24.8 Å². The average molecular weight is 618 g/mol. The van der Waals surface area contributed by atoms with Gasteiger partial charge in [0.25, 0.3) is 5.91 Å². The van der Waals surface area contributed by atoms with Crippen LogP contribution >= 0.6 is 0 Å². The van der Waals surface area contributed by atoms with Gasteiger partial charge in [-0.1, -0.05) is 13.8 Å². The van der Waals surface area contributed by atoms with E-state index in [1.165, 1.54) is 4.90 Å². The van der Waals surface area contributed by atoms with E-state index in [0.717, 1.165) is 0 Å². The van der Waals surface area contributed by atoms with Crippen molar-refractivity contribution >= 4 is 28.8 Å². The summed E-state index contributed by atoms with van der Waals surface area (Å²) in [6.07, 6.45) is 0.405. The lowest BCUT2D eigenvalue weighted by molar-refractivity contribution is -0.130. The molecule has 0 saturated carbocycles. The van der Waals surface area contributed by atoms with Gasteiger partial charge >= 0.3 is 0 Å².